The summed E-state index contributed by atoms with van der Waals surface area (Å²) >= 11 is 1.68. The number of rotatable bonds is 1. The molecule has 1 aliphatic carbocycles. The minimum Gasteiger partial charge on any atom is -0.246 e. The van der Waals surface area contributed by atoms with E-state index in [1.807, 2.05) is 11.4 Å². The zero-order valence-corrected chi connectivity index (χ0v) is 8.98. The summed E-state index contributed by atoms with van der Waals surface area (Å²) in [5.74, 6) is 1.19. The number of carbonyl (C=O) groups excluding carboxylic acids is 1. The molecule has 1 aromatic heterocycles. The van der Waals surface area contributed by atoms with Gasteiger partial charge in [-0.1, -0.05) is 6.07 Å². The molecule has 74 valence electrons. The molecular formula is C12H14OS. The molecule has 0 aliphatic heterocycles. The minimum absolute atomic E-state index is 0.102. The predicted octanol–water partition coefficient (Wildman–Crippen LogP) is 3.38. The Morgan fingerprint density at radius 3 is 3.07 bits per heavy atom. The molecule has 1 aromatic rings. The topological polar surface area (TPSA) is 17.1 Å². The lowest BCUT2D eigenvalue weighted by Gasteiger charge is -2.09. The standard InChI is InChI=1S/C12H14OS/c1-9-5-2-3-6-10(12(9)13)11-7-4-8-14-11/h4,7-8,10H,1-3,5-6H2. The van der Waals surface area contributed by atoms with Gasteiger partial charge in [0.15, 0.2) is 0 Å². The highest BCUT2D eigenvalue weighted by Gasteiger charge is 2.32. The molecule has 0 N–H and O–H groups in total. The second-order valence-corrected chi connectivity index (χ2v) is 4.76. The van der Waals surface area contributed by atoms with Crippen molar-refractivity contribution in [1.82, 2.24) is 0 Å². The number of ketones is 1. The smallest absolute Gasteiger partial charge is 0.246 e. The number of hydrogen-bond acceptors (Lipinski definition) is 2. The lowest BCUT2D eigenvalue weighted by atomic mass is 9.92. The molecule has 1 nitrogen and oxygen atoms in total. The molecule has 1 saturated carbocycles. The van der Waals surface area contributed by atoms with Crippen LogP contribution in [0.5, 0.6) is 0 Å². The molecule has 1 atom stereocenters. The van der Waals surface area contributed by atoms with Crippen molar-refractivity contribution in [2.75, 3.05) is 0 Å². The molecule has 2 rings (SSSR count). The summed E-state index contributed by atoms with van der Waals surface area (Å²) in [5, 5.41) is 2.04. The number of Topliss-reactive ketones (excluding diaryl/α,β-unsaturated/α-hetero) is 1. The van der Waals surface area contributed by atoms with Crippen molar-refractivity contribution in [2.45, 2.75) is 31.6 Å². The number of hydrogen-bond donors (Lipinski definition) is 0. The Hall–Kier alpha value is -0.760. The van der Waals surface area contributed by atoms with E-state index in [2.05, 4.69) is 13.0 Å². The molecule has 2 heteroatoms. The van der Waals surface area contributed by atoms with Gasteiger partial charge in [-0.15, -0.1) is 18.3 Å². The van der Waals surface area contributed by atoms with Gasteiger partial charge in [-0.3, -0.25) is 0 Å². The van der Waals surface area contributed by atoms with Crippen LogP contribution in [0.15, 0.2) is 17.5 Å². The van der Waals surface area contributed by atoms with Gasteiger partial charge in [-0.2, -0.15) is 0 Å². The van der Waals surface area contributed by atoms with E-state index in [1.54, 1.807) is 11.3 Å². The largest absolute Gasteiger partial charge is 0.283 e. The van der Waals surface area contributed by atoms with Gasteiger partial charge in [0, 0.05) is 10.8 Å². The van der Waals surface area contributed by atoms with Crippen LogP contribution in [0.4, 0.5) is 0 Å². The van der Waals surface area contributed by atoms with E-state index in [0.717, 1.165) is 31.6 Å². The van der Waals surface area contributed by atoms with Crippen molar-refractivity contribution < 1.29 is 4.79 Å². The fraction of sp³-hybridized carbons (Fsp3) is 0.417. The van der Waals surface area contributed by atoms with E-state index in [-0.39, 0.29) is 11.7 Å². The molecule has 1 aliphatic rings. The third kappa shape index (κ3) is 1.85. The van der Waals surface area contributed by atoms with E-state index in [0.29, 0.717) is 0 Å². The Labute approximate surface area is 89.1 Å². The van der Waals surface area contributed by atoms with Crippen molar-refractivity contribution in [3.8, 4) is 0 Å². The van der Waals surface area contributed by atoms with Crippen molar-refractivity contribution in [2.24, 2.45) is 0 Å². The summed E-state index contributed by atoms with van der Waals surface area (Å²) in [6, 6.07) is 4.08. The minimum atomic E-state index is 0.102. The quantitative estimate of drug-likeness (QED) is 0.508. The Morgan fingerprint density at radius 2 is 2.36 bits per heavy atom. The predicted molar refractivity (Wildman–Crippen MR) is 59.1 cm³/mol. The van der Waals surface area contributed by atoms with Crippen LogP contribution >= 0.6 is 11.3 Å². The van der Waals surface area contributed by atoms with Gasteiger partial charge in [-0.05, 0) is 30.7 Å². The van der Waals surface area contributed by atoms with Gasteiger partial charge in [0.25, 0.3) is 5.78 Å². The first-order valence-corrected chi connectivity index (χ1v) is 5.92. The molecular weight excluding hydrogens is 192 g/mol. The highest BCUT2D eigenvalue weighted by atomic mass is 32.1. The van der Waals surface area contributed by atoms with Gasteiger partial charge in [0.2, 0.25) is 0 Å². The van der Waals surface area contributed by atoms with Crippen molar-refractivity contribution in [1.29, 1.82) is 0 Å². The summed E-state index contributed by atoms with van der Waals surface area (Å²) in [7, 11) is 0. The molecule has 0 bridgehead atoms. The van der Waals surface area contributed by atoms with Gasteiger partial charge >= 0.3 is 0 Å². The molecule has 0 radical (unpaired) electrons. The molecule has 0 saturated heterocycles. The Balaban J connectivity index is 2.20. The SMILES string of the molecule is [CH2-][C+]1CCCCC(c2cccs2)C1=O. The number of thiophene rings is 1. The highest BCUT2D eigenvalue weighted by molar-refractivity contribution is 7.10. The van der Waals surface area contributed by atoms with Gasteiger partial charge in [0.05, 0.1) is 12.3 Å². The molecule has 0 aromatic carbocycles. The average Bonchev–Trinajstić information content (AvgIpc) is 2.64. The summed E-state index contributed by atoms with van der Waals surface area (Å²) in [6.45, 7) is 3.87. The summed E-state index contributed by atoms with van der Waals surface area (Å²) in [4.78, 5) is 13.2. The van der Waals surface area contributed by atoms with Crippen molar-refractivity contribution in [3.05, 3.63) is 35.2 Å². The van der Waals surface area contributed by atoms with Crippen LogP contribution in [0.25, 0.3) is 0 Å². The maximum atomic E-state index is 12.0. The first kappa shape index (κ1) is 9.78. The lowest BCUT2D eigenvalue weighted by Crippen LogP contribution is -2.15. The first-order valence-electron chi connectivity index (χ1n) is 5.04. The molecule has 1 fully saturated rings. The fourth-order valence-corrected chi connectivity index (χ4v) is 2.81. The Kier molecular flexibility index (Phi) is 2.92. The maximum absolute atomic E-state index is 12.0. The molecule has 0 spiro atoms. The zero-order chi connectivity index (χ0) is 9.97. The molecule has 14 heavy (non-hydrogen) atoms. The molecule has 0 amide bonds. The van der Waals surface area contributed by atoms with E-state index in [1.165, 1.54) is 4.88 Å². The molecule has 1 heterocycles. The van der Waals surface area contributed by atoms with Gasteiger partial charge < -0.3 is 0 Å². The maximum Gasteiger partial charge on any atom is 0.283 e. The monoisotopic (exact) mass is 206 g/mol. The van der Waals surface area contributed by atoms with Gasteiger partial charge in [0.1, 0.15) is 0 Å². The van der Waals surface area contributed by atoms with Crippen LogP contribution in [0.2, 0.25) is 0 Å². The average molecular weight is 206 g/mol. The summed E-state index contributed by atoms with van der Waals surface area (Å²) in [5.41, 5.74) is 0. The van der Waals surface area contributed by atoms with E-state index in [4.69, 9.17) is 0 Å². The van der Waals surface area contributed by atoms with Crippen LogP contribution in [-0.2, 0) is 4.79 Å². The lowest BCUT2D eigenvalue weighted by molar-refractivity contribution is -0.118. The first-order chi connectivity index (χ1) is 6.79. The van der Waals surface area contributed by atoms with Crippen LogP contribution in [0, 0.1) is 12.8 Å². The second kappa shape index (κ2) is 4.18. The van der Waals surface area contributed by atoms with E-state index in [9.17, 15) is 4.79 Å². The zero-order valence-electron chi connectivity index (χ0n) is 8.16. The van der Waals surface area contributed by atoms with Crippen LogP contribution in [0.3, 0.4) is 0 Å². The van der Waals surface area contributed by atoms with Crippen LogP contribution < -0.4 is 0 Å². The number of carbonyl (C=O) groups is 1. The second-order valence-electron chi connectivity index (χ2n) is 3.78. The Morgan fingerprint density at radius 1 is 1.50 bits per heavy atom. The highest BCUT2D eigenvalue weighted by Crippen LogP contribution is 2.34. The van der Waals surface area contributed by atoms with Crippen LogP contribution in [0.1, 0.15) is 36.5 Å². The van der Waals surface area contributed by atoms with Gasteiger partial charge in [-0.25, -0.2) is 4.79 Å². The summed E-state index contributed by atoms with van der Waals surface area (Å²) in [6.07, 6.45) is 4.15. The summed E-state index contributed by atoms with van der Waals surface area (Å²) < 4.78 is 0. The fourth-order valence-electron chi connectivity index (χ4n) is 1.95. The van der Waals surface area contributed by atoms with Crippen molar-refractivity contribution in [3.63, 3.8) is 0 Å². The van der Waals surface area contributed by atoms with E-state index >= 15 is 0 Å². The van der Waals surface area contributed by atoms with Crippen molar-refractivity contribution >= 4 is 17.1 Å². The normalized spacial score (nSPS) is 23.6. The molecule has 1 unspecified atom stereocenters. The van der Waals surface area contributed by atoms with E-state index < -0.39 is 0 Å². The third-order valence-electron chi connectivity index (χ3n) is 2.77. The Bertz CT molecular complexity index is 302. The third-order valence-corrected chi connectivity index (χ3v) is 3.76. The van der Waals surface area contributed by atoms with Crippen LogP contribution in [-0.4, -0.2) is 5.78 Å².